The second-order valence-electron chi connectivity index (χ2n) is 7.67. The number of nitrogens with zero attached hydrogens (tertiary/aromatic N) is 2. The molecule has 0 bridgehead atoms. The average Bonchev–Trinajstić information content (AvgIpc) is 3.21. The molecule has 0 unspecified atom stereocenters. The minimum Gasteiger partial charge on any atom is -0.376 e. The second-order valence-corrected chi connectivity index (χ2v) is 7.67. The molecule has 1 aliphatic heterocycles. The first kappa shape index (κ1) is 17.3. The molecule has 1 saturated carbocycles. The van der Waals surface area contributed by atoms with Gasteiger partial charge in [0.05, 0.1) is 28.7 Å². The van der Waals surface area contributed by atoms with Crippen molar-refractivity contribution in [1.82, 2.24) is 15.1 Å². The quantitative estimate of drug-likeness (QED) is 0.860. The van der Waals surface area contributed by atoms with Crippen LogP contribution in [0.2, 0.25) is 0 Å². The third-order valence-electron chi connectivity index (χ3n) is 5.20. The molecule has 1 N–H and O–H groups in total. The molecule has 1 aromatic heterocycles. The molecular weight excluding hydrogens is 326 g/mol. The van der Waals surface area contributed by atoms with Crippen molar-refractivity contribution in [3.8, 4) is 5.69 Å². The van der Waals surface area contributed by atoms with Crippen molar-refractivity contribution in [2.75, 3.05) is 13.2 Å². The molecule has 1 saturated heterocycles. The van der Waals surface area contributed by atoms with Crippen LogP contribution in [0.25, 0.3) is 5.69 Å². The van der Waals surface area contributed by atoms with Crippen LogP contribution in [-0.4, -0.2) is 34.9 Å². The molecule has 1 atom stereocenters. The van der Waals surface area contributed by atoms with Gasteiger partial charge in [0, 0.05) is 19.1 Å². The first-order valence-corrected chi connectivity index (χ1v) is 9.73. The maximum Gasteiger partial charge on any atom is 0.255 e. The first-order chi connectivity index (χ1) is 12.6. The lowest BCUT2D eigenvalue weighted by molar-refractivity contribution is 0.0856. The van der Waals surface area contributed by atoms with E-state index in [1.807, 2.05) is 35.0 Å². The average molecular weight is 353 g/mol. The third-order valence-corrected chi connectivity index (χ3v) is 5.20. The molecule has 0 radical (unpaired) electrons. The Morgan fingerprint density at radius 1 is 1.27 bits per heavy atom. The van der Waals surface area contributed by atoms with Gasteiger partial charge in [-0.1, -0.05) is 32.0 Å². The van der Waals surface area contributed by atoms with Crippen LogP contribution in [0.5, 0.6) is 0 Å². The van der Waals surface area contributed by atoms with E-state index in [1.54, 1.807) is 0 Å². The van der Waals surface area contributed by atoms with Crippen molar-refractivity contribution >= 4 is 5.91 Å². The van der Waals surface area contributed by atoms with Crippen LogP contribution in [0.3, 0.4) is 0 Å². The molecule has 1 amide bonds. The molecule has 2 heterocycles. The van der Waals surface area contributed by atoms with E-state index in [-0.39, 0.29) is 17.9 Å². The van der Waals surface area contributed by atoms with E-state index < -0.39 is 0 Å². The molecule has 0 spiro atoms. The fourth-order valence-corrected chi connectivity index (χ4v) is 3.72. The van der Waals surface area contributed by atoms with Crippen LogP contribution in [-0.2, 0) is 4.74 Å². The number of carbonyl (C=O) groups is 1. The number of hydrogen-bond donors (Lipinski definition) is 1. The number of carbonyl (C=O) groups excluding carboxylic acids is 1. The molecule has 5 nitrogen and oxygen atoms in total. The minimum atomic E-state index is -0.00622. The number of amides is 1. The number of nitrogens with one attached hydrogen (secondary N) is 1. The Labute approximate surface area is 154 Å². The van der Waals surface area contributed by atoms with E-state index >= 15 is 0 Å². The zero-order chi connectivity index (χ0) is 18.1. The van der Waals surface area contributed by atoms with E-state index in [2.05, 4.69) is 19.2 Å². The van der Waals surface area contributed by atoms with Crippen molar-refractivity contribution in [3.63, 3.8) is 0 Å². The molecule has 1 aromatic carbocycles. The summed E-state index contributed by atoms with van der Waals surface area (Å²) in [5.41, 5.74) is 3.76. The highest BCUT2D eigenvalue weighted by molar-refractivity contribution is 5.97. The maximum atomic E-state index is 13.1. The van der Waals surface area contributed by atoms with Crippen LogP contribution in [0.1, 0.15) is 73.1 Å². The van der Waals surface area contributed by atoms with Crippen molar-refractivity contribution in [2.24, 2.45) is 0 Å². The molecule has 5 heteroatoms. The van der Waals surface area contributed by atoms with E-state index in [0.717, 1.165) is 54.9 Å². The summed E-state index contributed by atoms with van der Waals surface area (Å²) in [5, 5.41) is 8.00. The number of rotatable bonds is 6. The van der Waals surface area contributed by atoms with Gasteiger partial charge < -0.3 is 10.1 Å². The van der Waals surface area contributed by atoms with Crippen molar-refractivity contribution in [1.29, 1.82) is 0 Å². The molecule has 2 fully saturated rings. The molecule has 26 heavy (non-hydrogen) atoms. The number of aromatic nitrogens is 2. The maximum absolute atomic E-state index is 13.1. The number of ether oxygens (including phenoxy) is 1. The third kappa shape index (κ3) is 3.40. The molecular formula is C21H27N3O2. The molecule has 138 valence electrons. The van der Waals surface area contributed by atoms with Crippen LogP contribution >= 0.6 is 0 Å². The van der Waals surface area contributed by atoms with E-state index in [9.17, 15) is 4.79 Å². The highest BCUT2D eigenvalue weighted by Gasteiger charge is 2.35. The summed E-state index contributed by atoms with van der Waals surface area (Å²) < 4.78 is 7.62. The highest BCUT2D eigenvalue weighted by Crippen LogP contribution is 2.43. The Kier molecular flexibility index (Phi) is 4.81. The number of benzene rings is 1. The van der Waals surface area contributed by atoms with Gasteiger partial charge in [0.1, 0.15) is 0 Å². The second kappa shape index (κ2) is 7.23. The Hall–Kier alpha value is -2.14. The highest BCUT2D eigenvalue weighted by atomic mass is 16.5. The van der Waals surface area contributed by atoms with Gasteiger partial charge in [0.25, 0.3) is 5.91 Å². The lowest BCUT2D eigenvalue weighted by Crippen LogP contribution is -2.32. The number of para-hydroxylation sites is 1. The Bertz CT molecular complexity index is 772. The molecule has 2 aromatic rings. The zero-order valence-corrected chi connectivity index (χ0v) is 15.6. The van der Waals surface area contributed by atoms with E-state index in [0.29, 0.717) is 12.5 Å². The monoisotopic (exact) mass is 353 g/mol. The lowest BCUT2D eigenvalue weighted by Gasteiger charge is -2.14. The SMILES string of the molecule is CC(C)c1c(C(=O)NC[C@H]2CCCO2)c(C2CC2)nn1-c1ccccc1. The summed E-state index contributed by atoms with van der Waals surface area (Å²) in [6, 6.07) is 10.1. The van der Waals surface area contributed by atoms with Crippen LogP contribution < -0.4 is 5.32 Å². The van der Waals surface area contributed by atoms with Crippen molar-refractivity contribution < 1.29 is 9.53 Å². The van der Waals surface area contributed by atoms with Gasteiger partial charge >= 0.3 is 0 Å². The zero-order valence-electron chi connectivity index (χ0n) is 15.6. The summed E-state index contributed by atoms with van der Waals surface area (Å²) in [6.45, 7) is 5.64. The predicted octanol–water partition coefficient (Wildman–Crippen LogP) is 3.78. The van der Waals surface area contributed by atoms with Gasteiger partial charge in [-0.3, -0.25) is 4.79 Å². The molecule has 2 aliphatic rings. The van der Waals surface area contributed by atoms with Crippen molar-refractivity contribution in [2.45, 2.75) is 57.5 Å². The Morgan fingerprint density at radius 3 is 2.65 bits per heavy atom. The topological polar surface area (TPSA) is 56.1 Å². The van der Waals surface area contributed by atoms with E-state index in [4.69, 9.17) is 9.84 Å². The van der Waals surface area contributed by atoms with Gasteiger partial charge in [0.15, 0.2) is 0 Å². The van der Waals surface area contributed by atoms with Gasteiger partial charge in [-0.25, -0.2) is 4.68 Å². The van der Waals surface area contributed by atoms with Gasteiger partial charge in [-0.05, 0) is 43.7 Å². The van der Waals surface area contributed by atoms with Gasteiger partial charge in [0.2, 0.25) is 0 Å². The van der Waals surface area contributed by atoms with Crippen LogP contribution in [0, 0.1) is 0 Å². The predicted molar refractivity (Wildman–Crippen MR) is 101 cm³/mol. The summed E-state index contributed by atoms with van der Waals surface area (Å²) in [5.74, 6) is 0.618. The first-order valence-electron chi connectivity index (χ1n) is 9.73. The lowest BCUT2D eigenvalue weighted by atomic mass is 10.0. The standard InChI is InChI=1S/C21H27N3O2/c1-14(2)20-18(21(25)22-13-17-9-6-12-26-17)19(15-10-11-15)23-24(20)16-7-4-3-5-8-16/h3-5,7-8,14-15,17H,6,9-13H2,1-2H3,(H,22,25)/t17-/m1/s1. The molecule has 4 rings (SSSR count). The van der Waals surface area contributed by atoms with Crippen LogP contribution in [0.4, 0.5) is 0 Å². The van der Waals surface area contributed by atoms with Gasteiger partial charge in [-0.15, -0.1) is 0 Å². The smallest absolute Gasteiger partial charge is 0.255 e. The summed E-state index contributed by atoms with van der Waals surface area (Å²) in [6.07, 6.45) is 4.49. The minimum absolute atomic E-state index is 0.00622. The Morgan fingerprint density at radius 2 is 2.04 bits per heavy atom. The van der Waals surface area contributed by atoms with E-state index in [1.165, 1.54) is 0 Å². The van der Waals surface area contributed by atoms with Crippen molar-refractivity contribution in [3.05, 3.63) is 47.3 Å². The fraction of sp³-hybridized carbons (Fsp3) is 0.524. The fourth-order valence-electron chi connectivity index (χ4n) is 3.72. The van der Waals surface area contributed by atoms with Crippen LogP contribution in [0.15, 0.2) is 30.3 Å². The number of hydrogen-bond acceptors (Lipinski definition) is 3. The summed E-state index contributed by atoms with van der Waals surface area (Å²) >= 11 is 0. The Balaban J connectivity index is 1.69. The van der Waals surface area contributed by atoms with Gasteiger partial charge in [-0.2, -0.15) is 5.10 Å². The normalized spacial score (nSPS) is 19.9. The summed E-state index contributed by atoms with van der Waals surface area (Å²) in [7, 11) is 0. The molecule has 1 aliphatic carbocycles. The largest absolute Gasteiger partial charge is 0.376 e. The summed E-state index contributed by atoms with van der Waals surface area (Å²) in [4.78, 5) is 13.1.